The number of benzene rings is 1. The van der Waals surface area contributed by atoms with Gasteiger partial charge in [0.2, 0.25) is 5.43 Å². The van der Waals surface area contributed by atoms with Crippen LogP contribution in [0, 0.1) is 11.7 Å². The number of halogens is 1. The normalized spacial score (nSPS) is 20.4. The van der Waals surface area contributed by atoms with Crippen molar-refractivity contribution >= 4 is 38.3 Å². The minimum atomic E-state index is -0.484. The zero-order chi connectivity index (χ0) is 21.2. The van der Waals surface area contributed by atoms with Gasteiger partial charge in [-0.15, -0.1) is 0 Å². The minimum absolute atomic E-state index is 0.109. The van der Waals surface area contributed by atoms with Gasteiger partial charge in [0.15, 0.2) is 11.6 Å². The fraction of sp³-hybridized carbons (Fsp3) is 0.524. The second-order valence-corrected chi connectivity index (χ2v) is 9.15. The lowest BCUT2D eigenvalue weighted by Gasteiger charge is -2.25. The molecule has 0 amide bonds. The highest BCUT2D eigenvalue weighted by molar-refractivity contribution is 7.12. The Bertz CT molecular complexity index is 1260. The number of rotatable bonds is 5. The second kappa shape index (κ2) is 7.09. The van der Waals surface area contributed by atoms with E-state index in [1.165, 1.54) is 13.2 Å². The van der Waals surface area contributed by atoms with Crippen molar-refractivity contribution in [2.24, 2.45) is 5.92 Å². The van der Waals surface area contributed by atoms with E-state index in [1.54, 1.807) is 0 Å². The van der Waals surface area contributed by atoms with Crippen molar-refractivity contribution in [2.45, 2.75) is 38.3 Å². The van der Waals surface area contributed by atoms with E-state index < -0.39 is 16.8 Å². The van der Waals surface area contributed by atoms with Gasteiger partial charge >= 0.3 is 0 Å². The SMILES string of the molecule is CN[C@@H](C)[C@@H]1CCN(c2c(F)cc3c(=O)c4c(=O)[nH]sc4n(C4CC4)c3c2OC)C1. The molecule has 0 radical (unpaired) electrons. The third-order valence-electron chi connectivity index (χ3n) is 6.61. The number of ether oxygens (including phenoxy) is 1. The molecular weight excluding hydrogens is 407 g/mol. The zero-order valence-corrected chi connectivity index (χ0v) is 18.1. The molecule has 9 heteroatoms. The predicted molar refractivity (Wildman–Crippen MR) is 118 cm³/mol. The summed E-state index contributed by atoms with van der Waals surface area (Å²) in [6.45, 7) is 3.58. The van der Waals surface area contributed by atoms with Crippen molar-refractivity contribution in [3.8, 4) is 5.75 Å². The highest BCUT2D eigenvalue weighted by Crippen LogP contribution is 2.46. The fourth-order valence-corrected chi connectivity index (χ4v) is 5.64. The molecule has 2 aliphatic rings. The maximum absolute atomic E-state index is 15.4. The third kappa shape index (κ3) is 2.79. The van der Waals surface area contributed by atoms with Gasteiger partial charge in [0.1, 0.15) is 15.9 Å². The van der Waals surface area contributed by atoms with Gasteiger partial charge in [-0.25, -0.2) is 4.39 Å². The number of anilines is 1. The van der Waals surface area contributed by atoms with Crippen LogP contribution in [0.5, 0.6) is 5.75 Å². The lowest BCUT2D eigenvalue weighted by molar-refractivity contribution is 0.411. The van der Waals surface area contributed by atoms with Gasteiger partial charge in [-0.1, -0.05) is 0 Å². The monoisotopic (exact) mass is 432 g/mol. The van der Waals surface area contributed by atoms with E-state index in [9.17, 15) is 9.59 Å². The summed E-state index contributed by atoms with van der Waals surface area (Å²) in [6.07, 6.45) is 2.87. The lowest BCUT2D eigenvalue weighted by atomic mass is 10.0. The second-order valence-electron chi connectivity index (χ2n) is 8.35. The number of fused-ring (bicyclic) bond motifs is 2. The van der Waals surface area contributed by atoms with Crippen LogP contribution in [0.2, 0.25) is 0 Å². The molecule has 2 atom stereocenters. The zero-order valence-electron chi connectivity index (χ0n) is 17.3. The minimum Gasteiger partial charge on any atom is -0.492 e. The van der Waals surface area contributed by atoms with Crippen molar-refractivity contribution in [3.05, 3.63) is 32.5 Å². The number of pyridine rings is 1. The van der Waals surface area contributed by atoms with Gasteiger partial charge in [-0.2, -0.15) is 0 Å². The molecule has 1 aromatic carbocycles. The number of H-pyrrole nitrogens is 1. The summed E-state index contributed by atoms with van der Waals surface area (Å²) in [5.41, 5.74) is 0.149. The Balaban J connectivity index is 1.79. The third-order valence-corrected chi connectivity index (χ3v) is 7.50. The van der Waals surface area contributed by atoms with Crippen LogP contribution >= 0.6 is 11.5 Å². The molecule has 1 saturated carbocycles. The first kappa shape index (κ1) is 19.6. The van der Waals surface area contributed by atoms with Gasteiger partial charge in [0.05, 0.1) is 18.0 Å². The summed E-state index contributed by atoms with van der Waals surface area (Å²) in [7, 11) is 3.46. The molecule has 1 aliphatic heterocycles. The Labute approximate surface area is 176 Å². The van der Waals surface area contributed by atoms with Gasteiger partial charge < -0.3 is 19.5 Å². The molecular formula is C21H25FN4O3S. The maximum atomic E-state index is 15.4. The first-order chi connectivity index (χ1) is 14.5. The number of nitrogens with one attached hydrogen (secondary N) is 2. The van der Waals surface area contributed by atoms with Gasteiger partial charge in [-0.05, 0) is 56.8 Å². The van der Waals surface area contributed by atoms with Crippen LogP contribution in [0.15, 0.2) is 15.7 Å². The number of hydrogen-bond donors (Lipinski definition) is 2. The Morgan fingerprint density at radius 2 is 2.10 bits per heavy atom. The van der Waals surface area contributed by atoms with E-state index in [1.807, 2.05) is 16.5 Å². The largest absolute Gasteiger partial charge is 0.492 e. The average Bonchev–Trinajstić information content (AvgIpc) is 3.33. The van der Waals surface area contributed by atoms with Crippen LogP contribution in [0.25, 0.3) is 21.1 Å². The van der Waals surface area contributed by atoms with E-state index in [-0.39, 0.29) is 16.8 Å². The molecule has 0 unspecified atom stereocenters. The van der Waals surface area contributed by atoms with Crippen molar-refractivity contribution in [1.29, 1.82) is 0 Å². The number of aromatic amines is 1. The fourth-order valence-electron chi connectivity index (χ4n) is 4.72. The smallest absolute Gasteiger partial charge is 0.271 e. The summed E-state index contributed by atoms with van der Waals surface area (Å²) in [5, 5.41) is 3.60. The van der Waals surface area contributed by atoms with Gasteiger partial charge in [-0.3, -0.25) is 14.0 Å². The molecule has 3 heterocycles. The quantitative estimate of drug-likeness (QED) is 0.648. The van der Waals surface area contributed by atoms with Crippen LogP contribution in [-0.2, 0) is 0 Å². The predicted octanol–water partition coefficient (Wildman–Crippen LogP) is 2.82. The van der Waals surface area contributed by atoms with Crippen LogP contribution < -0.4 is 25.9 Å². The Kier molecular flexibility index (Phi) is 4.62. The van der Waals surface area contributed by atoms with E-state index in [2.05, 4.69) is 16.6 Å². The van der Waals surface area contributed by atoms with Crippen molar-refractivity contribution in [2.75, 3.05) is 32.1 Å². The average molecular weight is 433 g/mol. The number of methoxy groups -OCH3 is 1. The summed E-state index contributed by atoms with van der Waals surface area (Å²) < 4.78 is 25.9. The summed E-state index contributed by atoms with van der Waals surface area (Å²) in [4.78, 5) is 28.0. The molecule has 2 fully saturated rings. The first-order valence-electron chi connectivity index (χ1n) is 10.3. The lowest BCUT2D eigenvalue weighted by Crippen LogP contribution is -2.33. The molecule has 5 rings (SSSR count). The highest BCUT2D eigenvalue weighted by atomic mass is 32.1. The van der Waals surface area contributed by atoms with Crippen molar-refractivity contribution in [1.82, 2.24) is 14.3 Å². The summed E-state index contributed by atoms with van der Waals surface area (Å²) in [6, 6.07) is 1.80. The molecule has 7 nitrogen and oxygen atoms in total. The molecule has 3 aromatic rings. The number of hydrogen-bond acceptors (Lipinski definition) is 6. The summed E-state index contributed by atoms with van der Waals surface area (Å²) in [5.74, 6) is 0.301. The van der Waals surface area contributed by atoms with Gasteiger partial charge in [0.25, 0.3) is 5.56 Å². The van der Waals surface area contributed by atoms with E-state index in [0.29, 0.717) is 40.3 Å². The molecule has 2 aromatic heterocycles. The van der Waals surface area contributed by atoms with Crippen molar-refractivity contribution < 1.29 is 9.13 Å². The topological polar surface area (TPSA) is 79.4 Å². The van der Waals surface area contributed by atoms with E-state index in [0.717, 1.165) is 37.3 Å². The number of nitrogens with zero attached hydrogens (tertiary/aromatic N) is 2. The van der Waals surface area contributed by atoms with E-state index >= 15 is 4.39 Å². The van der Waals surface area contributed by atoms with Crippen LogP contribution in [0.3, 0.4) is 0 Å². The van der Waals surface area contributed by atoms with Crippen LogP contribution in [0.4, 0.5) is 10.1 Å². The Morgan fingerprint density at radius 3 is 2.77 bits per heavy atom. The molecule has 1 aliphatic carbocycles. The molecule has 0 spiro atoms. The first-order valence-corrected chi connectivity index (χ1v) is 11.2. The molecule has 2 N–H and O–H groups in total. The maximum Gasteiger partial charge on any atom is 0.271 e. The molecule has 0 bridgehead atoms. The van der Waals surface area contributed by atoms with Crippen LogP contribution in [-0.4, -0.2) is 42.2 Å². The molecule has 160 valence electrons. The Morgan fingerprint density at radius 1 is 1.33 bits per heavy atom. The molecule has 1 saturated heterocycles. The van der Waals surface area contributed by atoms with Crippen molar-refractivity contribution in [3.63, 3.8) is 0 Å². The molecule has 30 heavy (non-hydrogen) atoms. The summed E-state index contributed by atoms with van der Waals surface area (Å²) >= 11 is 1.16. The number of aromatic nitrogens is 2. The highest BCUT2D eigenvalue weighted by Gasteiger charge is 2.35. The standard InChI is InChI=1S/C21H25FN4O3S/c1-10(23-2)11-6-7-25(9-11)17-14(22)8-13-16(19(17)29-3)26(12-4-5-12)21-15(18(13)27)20(28)24-30-21/h8,10-12,23H,4-7,9H2,1-3H3,(H,24,28)/t10-,11+/m0/s1. The Hall–Kier alpha value is -2.39. The van der Waals surface area contributed by atoms with Gasteiger partial charge in [0, 0.05) is 25.2 Å². The van der Waals surface area contributed by atoms with E-state index in [4.69, 9.17) is 4.74 Å². The van der Waals surface area contributed by atoms with Crippen LogP contribution in [0.1, 0.15) is 32.2 Å².